The molecule has 0 atom stereocenters. The van der Waals surface area contributed by atoms with Gasteiger partial charge in [0.15, 0.2) is 0 Å². The van der Waals surface area contributed by atoms with Gasteiger partial charge >= 0.3 is 0 Å². The summed E-state index contributed by atoms with van der Waals surface area (Å²) in [5.41, 5.74) is 3.72. The highest BCUT2D eigenvalue weighted by Gasteiger charge is 1.97. The molecule has 0 aliphatic heterocycles. The number of rotatable bonds is 4. The summed E-state index contributed by atoms with van der Waals surface area (Å²) in [6.45, 7) is 0. The first-order valence-corrected chi connectivity index (χ1v) is 9.24. The SMILES string of the molecule is C(=C\c1ccc(-c2ccccc2)cc1)/Sc1ccc2ccccc2c1. The van der Waals surface area contributed by atoms with E-state index < -0.39 is 0 Å². The van der Waals surface area contributed by atoms with Crippen LogP contribution in [0.15, 0.2) is 107 Å². The summed E-state index contributed by atoms with van der Waals surface area (Å²) in [4.78, 5) is 1.26. The van der Waals surface area contributed by atoms with Gasteiger partial charge in [-0.2, -0.15) is 0 Å². The van der Waals surface area contributed by atoms with Crippen molar-refractivity contribution < 1.29 is 0 Å². The van der Waals surface area contributed by atoms with Gasteiger partial charge in [-0.05, 0) is 51.1 Å². The van der Waals surface area contributed by atoms with Crippen LogP contribution in [0.1, 0.15) is 5.56 Å². The Bertz CT molecular complexity index is 999. The molecule has 0 saturated carbocycles. The van der Waals surface area contributed by atoms with Gasteiger partial charge in [0.2, 0.25) is 0 Å². The first-order valence-electron chi connectivity index (χ1n) is 8.36. The van der Waals surface area contributed by atoms with E-state index in [1.165, 1.54) is 32.4 Å². The summed E-state index contributed by atoms with van der Waals surface area (Å²) in [6, 6.07) is 34.2. The standard InChI is InChI=1S/C24H18S/c1-2-6-20(7-3-1)22-12-10-19(11-13-22)16-17-25-24-15-14-21-8-4-5-9-23(21)18-24/h1-18H/b17-16+. The lowest BCUT2D eigenvalue weighted by Gasteiger charge is -2.02. The lowest BCUT2D eigenvalue weighted by Crippen LogP contribution is -1.77. The Hall–Kier alpha value is -2.77. The summed E-state index contributed by atoms with van der Waals surface area (Å²) in [7, 11) is 0. The Morgan fingerprint density at radius 3 is 2.04 bits per heavy atom. The molecule has 0 spiro atoms. The van der Waals surface area contributed by atoms with Crippen LogP contribution in [-0.4, -0.2) is 0 Å². The van der Waals surface area contributed by atoms with Crippen molar-refractivity contribution in [1.82, 2.24) is 0 Å². The van der Waals surface area contributed by atoms with E-state index in [2.05, 4.69) is 102 Å². The van der Waals surface area contributed by atoms with Gasteiger partial charge in [-0.25, -0.2) is 0 Å². The van der Waals surface area contributed by atoms with Crippen molar-refractivity contribution in [3.8, 4) is 11.1 Å². The van der Waals surface area contributed by atoms with Crippen LogP contribution in [0.25, 0.3) is 28.0 Å². The van der Waals surface area contributed by atoms with Gasteiger partial charge in [0.05, 0.1) is 0 Å². The van der Waals surface area contributed by atoms with E-state index in [-0.39, 0.29) is 0 Å². The van der Waals surface area contributed by atoms with Crippen molar-refractivity contribution in [1.29, 1.82) is 0 Å². The molecule has 1 heteroatoms. The lowest BCUT2D eigenvalue weighted by atomic mass is 10.0. The van der Waals surface area contributed by atoms with Crippen molar-refractivity contribution in [2.24, 2.45) is 0 Å². The van der Waals surface area contributed by atoms with E-state index >= 15 is 0 Å². The molecule has 4 aromatic carbocycles. The Kier molecular flexibility index (Phi) is 4.67. The maximum absolute atomic E-state index is 2.24. The highest BCUT2D eigenvalue weighted by molar-refractivity contribution is 8.02. The second kappa shape index (κ2) is 7.42. The molecular weight excluding hydrogens is 320 g/mol. The van der Waals surface area contributed by atoms with Gasteiger partial charge in [-0.3, -0.25) is 0 Å². The molecule has 0 bridgehead atoms. The van der Waals surface area contributed by atoms with E-state index in [9.17, 15) is 0 Å². The fourth-order valence-electron chi connectivity index (χ4n) is 2.85. The van der Waals surface area contributed by atoms with Crippen molar-refractivity contribution in [3.05, 3.63) is 108 Å². The van der Waals surface area contributed by atoms with Gasteiger partial charge in [0.1, 0.15) is 0 Å². The minimum Gasteiger partial charge on any atom is -0.0980 e. The number of benzene rings is 4. The third-order valence-electron chi connectivity index (χ3n) is 4.20. The lowest BCUT2D eigenvalue weighted by molar-refractivity contribution is 1.52. The van der Waals surface area contributed by atoms with Crippen LogP contribution < -0.4 is 0 Å². The zero-order valence-corrected chi connectivity index (χ0v) is 14.6. The second-order valence-corrected chi connectivity index (χ2v) is 6.90. The van der Waals surface area contributed by atoms with Gasteiger partial charge in [0.25, 0.3) is 0 Å². The summed E-state index contributed by atoms with van der Waals surface area (Å²) in [5, 5.41) is 4.72. The van der Waals surface area contributed by atoms with Crippen molar-refractivity contribution in [3.63, 3.8) is 0 Å². The summed E-state index contributed by atoms with van der Waals surface area (Å²) >= 11 is 1.75. The highest BCUT2D eigenvalue weighted by atomic mass is 32.2. The van der Waals surface area contributed by atoms with E-state index in [1.807, 2.05) is 6.07 Å². The van der Waals surface area contributed by atoms with Crippen LogP contribution in [0.5, 0.6) is 0 Å². The molecule has 4 aromatic rings. The third kappa shape index (κ3) is 3.84. The van der Waals surface area contributed by atoms with Gasteiger partial charge in [0, 0.05) is 4.90 Å². The van der Waals surface area contributed by atoms with Crippen LogP contribution in [0, 0.1) is 0 Å². The van der Waals surface area contributed by atoms with Crippen LogP contribution in [0.2, 0.25) is 0 Å². The normalized spacial score (nSPS) is 11.2. The molecule has 0 aliphatic rings. The van der Waals surface area contributed by atoms with E-state index in [0.29, 0.717) is 0 Å². The van der Waals surface area contributed by atoms with Crippen LogP contribution >= 0.6 is 11.8 Å². The molecular formula is C24H18S. The number of hydrogen-bond acceptors (Lipinski definition) is 1. The Balaban J connectivity index is 1.46. The van der Waals surface area contributed by atoms with Crippen LogP contribution in [-0.2, 0) is 0 Å². The summed E-state index contributed by atoms with van der Waals surface area (Å²) in [6.07, 6.45) is 2.16. The molecule has 25 heavy (non-hydrogen) atoms. The van der Waals surface area contributed by atoms with Gasteiger partial charge in [-0.1, -0.05) is 96.7 Å². The fourth-order valence-corrected chi connectivity index (χ4v) is 3.57. The molecule has 0 unspecified atom stereocenters. The molecule has 0 N–H and O–H groups in total. The largest absolute Gasteiger partial charge is 0.0980 e. The summed E-state index contributed by atoms with van der Waals surface area (Å²) < 4.78 is 0. The number of thioether (sulfide) groups is 1. The number of fused-ring (bicyclic) bond motifs is 1. The molecule has 0 nitrogen and oxygen atoms in total. The maximum Gasteiger partial charge on any atom is 0.0122 e. The zero-order chi connectivity index (χ0) is 16.9. The zero-order valence-electron chi connectivity index (χ0n) is 13.8. The molecule has 0 amide bonds. The average Bonchev–Trinajstić information content (AvgIpc) is 2.69. The smallest absolute Gasteiger partial charge is 0.0122 e. The monoisotopic (exact) mass is 338 g/mol. The molecule has 0 heterocycles. The first-order chi connectivity index (χ1) is 12.4. The molecule has 4 rings (SSSR count). The summed E-state index contributed by atoms with van der Waals surface area (Å²) in [5.74, 6) is 0. The van der Waals surface area contributed by atoms with Crippen molar-refractivity contribution in [2.45, 2.75) is 4.90 Å². The minimum absolute atomic E-state index is 1.22. The minimum atomic E-state index is 1.22. The molecule has 0 aliphatic carbocycles. The molecule has 0 saturated heterocycles. The van der Waals surface area contributed by atoms with Crippen LogP contribution in [0.4, 0.5) is 0 Å². The first kappa shape index (κ1) is 15.7. The predicted molar refractivity (Wildman–Crippen MR) is 111 cm³/mol. The molecule has 120 valence electrons. The molecule has 0 fully saturated rings. The van der Waals surface area contributed by atoms with Gasteiger partial charge < -0.3 is 0 Å². The second-order valence-electron chi connectivity index (χ2n) is 5.92. The number of hydrogen-bond donors (Lipinski definition) is 0. The highest BCUT2D eigenvalue weighted by Crippen LogP contribution is 2.25. The van der Waals surface area contributed by atoms with E-state index in [4.69, 9.17) is 0 Å². The fraction of sp³-hybridized carbons (Fsp3) is 0. The van der Waals surface area contributed by atoms with E-state index in [1.54, 1.807) is 11.8 Å². The Morgan fingerprint density at radius 2 is 1.24 bits per heavy atom. The predicted octanol–water partition coefficient (Wildman–Crippen LogP) is 7.27. The maximum atomic E-state index is 2.24. The Labute approximate surface area is 152 Å². The third-order valence-corrected chi connectivity index (χ3v) is 5.00. The molecule has 0 radical (unpaired) electrons. The average molecular weight is 338 g/mol. The quantitative estimate of drug-likeness (QED) is 0.353. The topological polar surface area (TPSA) is 0 Å². The van der Waals surface area contributed by atoms with E-state index in [0.717, 1.165) is 0 Å². The van der Waals surface area contributed by atoms with Crippen molar-refractivity contribution in [2.75, 3.05) is 0 Å². The molecule has 0 aromatic heterocycles. The van der Waals surface area contributed by atoms with Crippen molar-refractivity contribution >= 4 is 28.6 Å². The Morgan fingerprint density at radius 1 is 0.560 bits per heavy atom. The van der Waals surface area contributed by atoms with Gasteiger partial charge in [-0.15, -0.1) is 0 Å². The van der Waals surface area contributed by atoms with Crippen LogP contribution in [0.3, 0.4) is 0 Å².